The Bertz CT molecular complexity index is 303. The molecule has 76 valence electrons. The molecule has 0 aliphatic heterocycles. The number of nitrogens with two attached hydrogens (primary N) is 1. The van der Waals surface area contributed by atoms with Crippen LogP contribution in [0.1, 0.15) is 13.8 Å². The summed E-state index contributed by atoms with van der Waals surface area (Å²) in [5.74, 6) is 0. The van der Waals surface area contributed by atoms with Crippen molar-refractivity contribution in [2.24, 2.45) is 5.73 Å². The molecule has 0 aromatic carbocycles. The van der Waals surface area contributed by atoms with Crippen LogP contribution in [0.2, 0.25) is 0 Å². The van der Waals surface area contributed by atoms with Crippen LogP contribution in [-0.2, 0) is 4.79 Å². The number of aldehydes is 1. The van der Waals surface area contributed by atoms with Crippen LogP contribution in [0.15, 0.2) is 34.8 Å². The van der Waals surface area contributed by atoms with Gasteiger partial charge in [-0.2, -0.15) is 0 Å². The zero-order valence-electron chi connectivity index (χ0n) is 8.28. The predicted octanol–water partition coefficient (Wildman–Crippen LogP) is 2.22. The van der Waals surface area contributed by atoms with Gasteiger partial charge in [0.05, 0.1) is 0 Å². The lowest BCUT2D eigenvalue weighted by atomic mass is 10.2. The third-order valence-corrected chi connectivity index (χ3v) is 2.19. The molecule has 3 nitrogen and oxygen atoms in total. The molecule has 0 radical (unpaired) electrons. The summed E-state index contributed by atoms with van der Waals surface area (Å²) in [6.45, 7) is 3.76. The average molecular weight is 210 g/mol. The lowest BCUT2D eigenvalue weighted by Crippen LogP contribution is -2.04. The summed E-state index contributed by atoms with van der Waals surface area (Å²) in [7, 11) is 0. The SMILES string of the molecule is C\C=C/C(=C\C)C(=C\C=O)/SC(=N)N. The van der Waals surface area contributed by atoms with E-state index in [4.69, 9.17) is 11.1 Å². The van der Waals surface area contributed by atoms with Crippen LogP contribution in [0.5, 0.6) is 0 Å². The van der Waals surface area contributed by atoms with Crippen molar-refractivity contribution in [2.75, 3.05) is 0 Å². The Balaban J connectivity index is 4.89. The molecule has 0 unspecified atom stereocenters. The second-order valence-electron chi connectivity index (χ2n) is 2.38. The van der Waals surface area contributed by atoms with Gasteiger partial charge in [0.1, 0.15) is 6.29 Å². The van der Waals surface area contributed by atoms with Crippen molar-refractivity contribution in [1.29, 1.82) is 5.41 Å². The fraction of sp³-hybridized carbons (Fsp3) is 0.200. The largest absolute Gasteiger partial charge is 0.378 e. The summed E-state index contributed by atoms with van der Waals surface area (Å²) in [6, 6.07) is 0. The average Bonchev–Trinajstić information content (AvgIpc) is 2.13. The normalized spacial score (nSPS) is 13.3. The van der Waals surface area contributed by atoms with E-state index in [1.165, 1.54) is 6.08 Å². The highest BCUT2D eigenvalue weighted by molar-refractivity contribution is 8.17. The Morgan fingerprint density at radius 3 is 2.43 bits per heavy atom. The van der Waals surface area contributed by atoms with Crippen molar-refractivity contribution >= 4 is 23.2 Å². The number of hydrogen-bond donors (Lipinski definition) is 2. The highest BCUT2D eigenvalue weighted by atomic mass is 32.2. The maximum atomic E-state index is 10.4. The van der Waals surface area contributed by atoms with Crippen LogP contribution >= 0.6 is 11.8 Å². The van der Waals surface area contributed by atoms with E-state index in [9.17, 15) is 4.79 Å². The van der Waals surface area contributed by atoms with Crippen molar-refractivity contribution < 1.29 is 4.79 Å². The number of nitrogens with one attached hydrogen (secondary N) is 1. The van der Waals surface area contributed by atoms with Crippen LogP contribution in [0.4, 0.5) is 0 Å². The van der Waals surface area contributed by atoms with Crippen LogP contribution in [-0.4, -0.2) is 11.5 Å². The second kappa shape index (κ2) is 7.15. The molecule has 4 heteroatoms. The van der Waals surface area contributed by atoms with E-state index in [0.717, 1.165) is 17.3 Å². The van der Waals surface area contributed by atoms with Crippen molar-refractivity contribution in [2.45, 2.75) is 13.8 Å². The number of amidine groups is 1. The topological polar surface area (TPSA) is 66.9 Å². The molecule has 0 aliphatic rings. The van der Waals surface area contributed by atoms with Gasteiger partial charge in [-0.1, -0.05) is 30.0 Å². The van der Waals surface area contributed by atoms with E-state index in [1.54, 1.807) is 0 Å². The van der Waals surface area contributed by atoms with Crippen molar-refractivity contribution in [3.05, 3.63) is 34.8 Å². The van der Waals surface area contributed by atoms with Gasteiger partial charge in [-0.05, 0) is 25.5 Å². The molecule has 0 aromatic heterocycles. The van der Waals surface area contributed by atoms with E-state index in [-0.39, 0.29) is 5.17 Å². The van der Waals surface area contributed by atoms with E-state index in [0.29, 0.717) is 11.2 Å². The van der Waals surface area contributed by atoms with Crippen LogP contribution in [0, 0.1) is 5.41 Å². The summed E-state index contributed by atoms with van der Waals surface area (Å²) in [5, 5.41) is 7.11. The highest BCUT2D eigenvalue weighted by Crippen LogP contribution is 2.24. The molecule has 0 spiro atoms. The zero-order chi connectivity index (χ0) is 11.0. The quantitative estimate of drug-likeness (QED) is 0.246. The maximum absolute atomic E-state index is 10.4. The molecule has 0 heterocycles. The number of rotatable bonds is 4. The molecule has 0 fully saturated rings. The first kappa shape index (κ1) is 12.7. The number of carbonyl (C=O) groups excluding carboxylic acids is 1. The number of carbonyl (C=O) groups is 1. The Morgan fingerprint density at radius 2 is 2.07 bits per heavy atom. The van der Waals surface area contributed by atoms with Crippen LogP contribution < -0.4 is 5.73 Å². The molecule has 0 saturated carbocycles. The summed E-state index contributed by atoms with van der Waals surface area (Å²) < 4.78 is 0. The summed E-state index contributed by atoms with van der Waals surface area (Å²) in [4.78, 5) is 11.1. The molecular weight excluding hydrogens is 196 g/mol. The van der Waals surface area contributed by atoms with Gasteiger partial charge in [-0.25, -0.2) is 0 Å². The van der Waals surface area contributed by atoms with Gasteiger partial charge in [0.2, 0.25) is 0 Å². The molecule has 0 saturated heterocycles. The van der Waals surface area contributed by atoms with Crippen molar-refractivity contribution in [1.82, 2.24) is 0 Å². The lowest BCUT2D eigenvalue weighted by molar-refractivity contribution is -0.104. The van der Waals surface area contributed by atoms with Crippen molar-refractivity contribution in [3.63, 3.8) is 0 Å². The van der Waals surface area contributed by atoms with Crippen molar-refractivity contribution in [3.8, 4) is 0 Å². The van der Waals surface area contributed by atoms with E-state index < -0.39 is 0 Å². The van der Waals surface area contributed by atoms with Crippen LogP contribution in [0.25, 0.3) is 0 Å². The molecule has 0 amide bonds. The Morgan fingerprint density at radius 1 is 1.43 bits per heavy atom. The Hall–Kier alpha value is -1.29. The van der Waals surface area contributed by atoms with E-state index >= 15 is 0 Å². The Labute approximate surface area is 88.3 Å². The van der Waals surface area contributed by atoms with Gasteiger partial charge < -0.3 is 5.73 Å². The molecule has 3 N–H and O–H groups in total. The second-order valence-corrected chi connectivity index (χ2v) is 3.46. The minimum absolute atomic E-state index is 0.0260. The molecule has 0 aliphatic carbocycles. The molecule has 0 rings (SSSR count). The fourth-order valence-electron chi connectivity index (χ4n) is 0.870. The zero-order valence-corrected chi connectivity index (χ0v) is 9.10. The Kier molecular flexibility index (Phi) is 6.49. The third-order valence-electron chi connectivity index (χ3n) is 1.38. The summed E-state index contributed by atoms with van der Waals surface area (Å²) in [6.07, 6.45) is 7.70. The minimum atomic E-state index is -0.0260. The smallest absolute Gasteiger partial charge is 0.155 e. The van der Waals surface area contributed by atoms with Gasteiger partial charge >= 0.3 is 0 Å². The third kappa shape index (κ3) is 4.67. The molecular formula is C10H14N2OS. The van der Waals surface area contributed by atoms with E-state index in [1.807, 2.05) is 32.1 Å². The van der Waals surface area contributed by atoms with Crippen LogP contribution in [0.3, 0.4) is 0 Å². The first-order chi connectivity index (χ1) is 6.65. The molecule has 14 heavy (non-hydrogen) atoms. The van der Waals surface area contributed by atoms with Gasteiger partial charge in [0.25, 0.3) is 0 Å². The van der Waals surface area contributed by atoms with Gasteiger partial charge in [0.15, 0.2) is 5.17 Å². The maximum Gasteiger partial charge on any atom is 0.155 e. The fourth-order valence-corrected chi connectivity index (χ4v) is 1.53. The predicted molar refractivity (Wildman–Crippen MR) is 62.2 cm³/mol. The van der Waals surface area contributed by atoms with E-state index in [2.05, 4.69) is 0 Å². The summed E-state index contributed by atoms with van der Waals surface area (Å²) in [5.41, 5.74) is 6.14. The highest BCUT2D eigenvalue weighted by Gasteiger charge is 2.03. The van der Waals surface area contributed by atoms with Gasteiger partial charge in [0, 0.05) is 4.91 Å². The monoisotopic (exact) mass is 210 g/mol. The number of thioether (sulfide) groups is 1. The number of hydrogen-bond acceptors (Lipinski definition) is 3. The first-order valence-electron chi connectivity index (χ1n) is 4.12. The first-order valence-corrected chi connectivity index (χ1v) is 4.94. The minimum Gasteiger partial charge on any atom is -0.378 e. The van der Waals surface area contributed by atoms with Gasteiger partial charge in [-0.3, -0.25) is 10.2 Å². The standard InChI is InChI=1S/C10H14N2OS/c1-3-5-8(4-2)9(6-7-13)14-10(11)12/h3-7H,1-2H3,(H3,11,12)/b5-3-,8-4+,9-6+. The molecule has 0 bridgehead atoms. The summed E-state index contributed by atoms with van der Waals surface area (Å²) >= 11 is 1.07. The number of allylic oxidation sites excluding steroid dienone is 5. The molecule has 0 atom stereocenters. The lowest BCUT2D eigenvalue weighted by Gasteiger charge is -2.04. The van der Waals surface area contributed by atoms with Gasteiger partial charge in [-0.15, -0.1) is 0 Å². The molecule has 0 aromatic rings.